The van der Waals surface area contributed by atoms with Crippen LogP contribution in [0.25, 0.3) is 0 Å². The second kappa shape index (κ2) is 6.94. The number of rotatable bonds is 5. The zero-order valence-electron chi connectivity index (χ0n) is 13.2. The first-order valence-electron chi connectivity index (χ1n) is 7.88. The number of aliphatic hydroxyl groups excluding tert-OH is 1. The lowest BCUT2D eigenvalue weighted by Crippen LogP contribution is -2.30. The van der Waals surface area contributed by atoms with Crippen molar-refractivity contribution >= 4 is 17.3 Å². The van der Waals surface area contributed by atoms with E-state index < -0.39 is 6.10 Å². The molecule has 2 rings (SSSR count). The van der Waals surface area contributed by atoms with Gasteiger partial charge in [0.05, 0.1) is 12.0 Å². The van der Waals surface area contributed by atoms with Gasteiger partial charge in [-0.15, -0.1) is 0 Å². The van der Waals surface area contributed by atoms with Crippen molar-refractivity contribution < 1.29 is 9.90 Å². The third-order valence-corrected chi connectivity index (χ3v) is 4.25. The first-order chi connectivity index (χ1) is 10.0. The summed E-state index contributed by atoms with van der Waals surface area (Å²) < 4.78 is 0. The van der Waals surface area contributed by atoms with Crippen molar-refractivity contribution in [1.82, 2.24) is 0 Å². The summed E-state index contributed by atoms with van der Waals surface area (Å²) >= 11 is 0. The molecule has 0 aliphatic heterocycles. The largest absolute Gasteiger partial charge is 0.392 e. The molecule has 1 amide bonds. The van der Waals surface area contributed by atoms with Gasteiger partial charge in [-0.2, -0.15) is 0 Å². The number of hydrogen-bond donors (Lipinski definition) is 2. The van der Waals surface area contributed by atoms with Crippen molar-refractivity contribution in [3.05, 3.63) is 24.3 Å². The molecule has 0 spiro atoms. The highest BCUT2D eigenvalue weighted by atomic mass is 16.3. The Bertz CT molecular complexity index is 470. The van der Waals surface area contributed by atoms with Crippen LogP contribution in [0.1, 0.15) is 40.0 Å². The van der Waals surface area contributed by atoms with Gasteiger partial charge in [0, 0.05) is 24.0 Å². The molecule has 1 aliphatic rings. The normalized spacial score (nSPS) is 21.6. The Labute approximate surface area is 127 Å². The summed E-state index contributed by atoms with van der Waals surface area (Å²) in [5.74, 6) is -0.323. The second-order valence-corrected chi connectivity index (χ2v) is 6.02. The molecule has 1 fully saturated rings. The monoisotopic (exact) mass is 290 g/mol. The average molecular weight is 290 g/mol. The predicted octanol–water partition coefficient (Wildman–Crippen LogP) is 3.02. The van der Waals surface area contributed by atoms with Crippen LogP contribution in [0.5, 0.6) is 0 Å². The molecule has 1 aliphatic carbocycles. The maximum absolute atomic E-state index is 12.1. The Morgan fingerprint density at radius 1 is 1.33 bits per heavy atom. The fourth-order valence-electron chi connectivity index (χ4n) is 3.06. The molecule has 116 valence electrons. The van der Waals surface area contributed by atoms with E-state index in [1.165, 1.54) is 0 Å². The summed E-state index contributed by atoms with van der Waals surface area (Å²) in [7, 11) is 0. The van der Waals surface area contributed by atoms with E-state index in [0.29, 0.717) is 6.04 Å². The molecule has 0 heterocycles. The summed E-state index contributed by atoms with van der Waals surface area (Å²) in [6.07, 6.45) is 1.96. The van der Waals surface area contributed by atoms with Crippen molar-refractivity contribution in [3.8, 4) is 0 Å². The molecule has 4 nitrogen and oxygen atoms in total. The van der Waals surface area contributed by atoms with E-state index in [-0.39, 0.29) is 11.8 Å². The van der Waals surface area contributed by atoms with Crippen molar-refractivity contribution in [3.63, 3.8) is 0 Å². The number of carbonyl (C=O) groups is 1. The lowest BCUT2D eigenvalue weighted by molar-refractivity contribution is -0.122. The summed E-state index contributed by atoms with van der Waals surface area (Å²) in [5.41, 5.74) is 1.95. The fraction of sp³-hybridized carbons (Fsp3) is 0.588. The van der Waals surface area contributed by atoms with E-state index in [1.807, 2.05) is 24.3 Å². The SMILES string of the molecule is CCN(c1ccc(NC(=O)C2CCCC2O)cc1)C(C)C. The lowest BCUT2D eigenvalue weighted by Gasteiger charge is -2.27. The summed E-state index contributed by atoms with van der Waals surface area (Å²) in [5, 5.41) is 12.7. The highest BCUT2D eigenvalue weighted by Gasteiger charge is 2.31. The molecule has 4 heteroatoms. The highest BCUT2D eigenvalue weighted by Crippen LogP contribution is 2.27. The minimum Gasteiger partial charge on any atom is -0.392 e. The number of amides is 1. The van der Waals surface area contributed by atoms with E-state index in [2.05, 4.69) is 31.0 Å². The maximum atomic E-state index is 12.1. The molecule has 2 atom stereocenters. The fourth-order valence-corrected chi connectivity index (χ4v) is 3.06. The molecule has 0 saturated heterocycles. The van der Waals surface area contributed by atoms with Gasteiger partial charge in [-0.1, -0.05) is 0 Å². The smallest absolute Gasteiger partial charge is 0.230 e. The summed E-state index contributed by atoms with van der Waals surface area (Å²) in [6.45, 7) is 7.43. The van der Waals surface area contributed by atoms with Crippen molar-refractivity contribution in [2.45, 2.75) is 52.2 Å². The molecule has 1 saturated carbocycles. The molecule has 21 heavy (non-hydrogen) atoms. The van der Waals surface area contributed by atoms with Crippen LogP contribution in [0.4, 0.5) is 11.4 Å². The molecule has 1 aromatic rings. The van der Waals surface area contributed by atoms with E-state index in [9.17, 15) is 9.90 Å². The van der Waals surface area contributed by atoms with Crippen LogP contribution in [0.2, 0.25) is 0 Å². The topological polar surface area (TPSA) is 52.6 Å². The number of hydrogen-bond acceptors (Lipinski definition) is 3. The van der Waals surface area contributed by atoms with Gasteiger partial charge in [0.15, 0.2) is 0 Å². The third kappa shape index (κ3) is 3.76. The number of nitrogens with one attached hydrogen (secondary N) is 1. The Morgan fingerprint density at radius 2 is 2.00 bits per heavy atom. The van der Waals surface area contributed by atoms with E-state index in [4.69, 9.17) is 0 Å². The van der Waals surface area contributed by atoms with Crippen LogP contribution in [0.15, 0.2) is 24.3 Å². The lowest BCUT2D eigenvalue weighted by atomic mass is 10.1. The van der Waals surface area contributed by atoms with Gasteiger partial charge in [-0.3, -0.25) is 4.79 Å². The quantitative estimate of drug-likeness (QED) is 0.876. The number of anilines is 2. The maximum Gasteiger partial charge on any atom is 0.230 e. The van der Waals surface area contributed by atoms with E-state index in [0.717, 1.165) is 37.2 Å². The van der Waals surface area contributed by atoms with Gasteiger partial charge in [-0.25, -0.2) is 0 Å². The van der Waals surface area contributed by atoms with Gasteiger partial charge < -0.3 is 15.3 Å². The minimum atomic E-state index is -0.485. The van der Waals surface area contributed by atoms with Gasteiger partial charge in [0.25, 0.3) is 0 Å². The van der Waals surface area contributed by atoms with Gasteiger partial charge in [-0.05, 0) is 64.3 Å². The molecule has 1 aromatic carbocycles. The van der Waals surface area contributed by atoms with Crippen LogP contribution in [-0.2, 0) is 4.79 Å². The molecule has 0 radical (unpaired) electrons. The van der Waals surface area contributed by atoms with Crippen LogP contribution in [0, 0.1) is 5.92 Å². The first kappa shape index (κ1) is 15.8. The molecular weight excluding hydrogens is 264 g/mol. The van der Waals surface area contributed by atoms with Crippen molar-refractivity contribution in [2.24, 2.45) is 5.92 Å². The van der Waals surface area contributed by atoms with Crippen molar-refractivity contribution in [1.29, 1.82) is 0 Å². The first-order valence-corrected chi connectivity index (χ1v) is 7.88. The highest BCUT2D eigenvalue weighted by molar-refractivity contribution is 5.93. The number of benzene rings is 1. The van der Waals surface area contributed by atoms with Crippen LogP contribution >= 0.6 is 0 Å². The Kier molecular flexibility index (Phi) is 5.23. The second-order valence-electron chi connectivity index (χ2n) is 6.02. The molecular formula is C17H26N2O2. The van der Waals surface area contributed by atoms with Gasteiger partial charge in [0.1, 0.15) is 0 Å². The third-order valence-electron chi connectivity index (χ3n) is 4.25. The molecule has 0 aromatic heterocycles. The molecule has 2 unspecified atom stereocenters. The molecule has 2 N–H and O–H groups in total. The zero-order chi connectivity index (χ0) is 15.4. The number of aliphatic hydroxyl groups is 1. The minimum absolute atomic E-state index is 0.0658. The summed E-state index contributed by atoms with van der Waals surface area (Å²) in [6, 6.07) is 8.37. The Morgan fingerprint density at radius 3 is 2.48 bits per heavy atom. The van der Waals surface area contributed by atoms with Crippen LogP contribution in [0.3, 0.4) is 0 Å². The molecule has 0 bridgehead atoms. The van der Waals surface area contributed by atoms with Crippen LogP contribution < -0.4 is 10.2 Å². The van der Waals surface area contributed by atoms with Crippen molar-refractivity contribution in [2.75, 3.05) is 16.8 Å². The van der Waals surface area contributed by atoms with E-state index in [1.54, 1.807) is 0 Å². The Balaban J connectivity index is 2.00. The van der Waals surface area contributed by atoms with E-state index >= 15 is 0 Å². The number of carbonyl (C=O) groups excluding carboxylic acids is 1. The van der Waals surface area contributed by atoms with Gasteiger partial charge >= 0.3 is 0 Å². The predicted molar refractivity (Wildman–Crippen MR) is 86.6 cm³/mol. The average Bonchev–Trinajstić information content (AvgIpc) is 2.87. The Hall–Kier alpha value is -1.55. The van der Waals surface area contributed by atoms with Crippen LogP contribution in [-0.4, -0.2) is 29.7 Å². The number of nitrogens with zero attached hydrogens (tertiary/aromatic N) is 1. The zero-order valence-corrected chi connectivity index (χ0v) is 13.2. The summed E-state index contributed by atoms with van der Waals surface area (Å²) in [4.78, 5) is 14.4. The van der Waals surface area contributed by atoms with Gasteiger partial charge in [0.2, 0.25) is 5.91 Å². The standard InChI is InChI=1S/C17H26N2O2/c1-4-19(12(2)3)14-10-8-13(9-11-14)18-17(21)15-6-5-7-16(15)20/h8-12,15-16,20H,4-7H2,1-3H3,(H,18,21).